The van der Waals surface area contributed by atoms with E-state index in [2.05, 4.69) is 23.8 Å². The van der Waals surface area contributed by atoms with Crippen molar-refractivity contribution in [3.63, 3.8) is 0 Å². The maximum Gasteiger partial charge on any atom is 0.127 e. The molecule has 0 saturated heterocycles. The van der Waals surface area contributed by atoms with Crippen LogP contribution in [0.5, 0.6) is 11.5 Å². The summed E-state index contributed by atoms with van der Waals surface area (Å²) in [7, 11) is 0. The van der Waals surface area contributed by atoms with Crippen LogP contribution in [0.15, 0.2) is 46.4 Å². The number of aryl methyl sites for hydroxylation is 2. The van der Waals surface area contributed by atoms with E-state index >= 15 is 0 Å². The summed E-state index contributed by atoms with van der Waals surface area (Å²) in [5.41, 5.74) is 3.01. The zero-order chi connectivity index (χ0) is 18.4. The predicted octanol–water partition coefficient (Wildman–Crippen LogP) is 4.28. The zero-order valence-electron chi connectivity index (χ0n) is 15.3. The number of phenolic OH excluding ortho intramolecular Hbond substituents is 2. The van der Waals surface area contributed by atoms with Gasteiger partial charge in [-0.3, -0.25) is 9.98 Å². The first-order valence-electron chi connectivity index (χ1n) is 8.37. The Morgan fingerprint density at radius 1 is 0.800 bits per heavy atom. The van der Waals surface area contributed by atoms with Gasteiger partial charge in [0.25, 0.3) is 0 Å². The van der Waals surface area contributed by atoms with Crippen LogP contribution < -0.4 is 0 Å². The number of para-hydroxylation sites is 2. The molecule has 0 aliphatic heterocycles. The molecule has 0 saturated carbocycles. The highest BCUT2D eigenvalue weighted by molar-refractivity contribution is 5.84. The molecule has 2 aromatic carbocycles. The van der Waals surface area contributed by atoms with E-state index in [1.165, 1.54) is 0 Å². The quantitative estimate of drug-likeness (QED) is 0.772. The molecule has 4 heteroatoms. The van der Waals surface area contributed by atoms with Crippen LogP contribution in [0.3, 0.4) is 0 Å². The highest BCUT2D eigenvalue weighted by Crippen LogP contribution is 2.22. The van der Waals surface area contributed by atoms with Gasteiger partial charge in [0.15, 0.2) is 0 Å². The number of hydrogen-bond donors (Lipinski definition) is 2. The molecule has 0 aliphatic rings. The Bertz CT molecular complexity index is 727. The lowest BCUT2D eigenvalue weighted by molar-refractivity contribution is 0.396. The number of benzene rings is 2. The maximum absolute atomic E-state index is 10.0. The van der Waals surface area contributed by atoms with Crippen molar-refractivity contribution in [2.24, 2.45) is 15.4 Å². The lowest BCUT2D eigenvalue weighted by Gasteiger charge is -2.19. The van der Waals surface area contributed by atoms with Gasteiger partial charge in [-0.1, -0.05) is 38.1 Å². The molecular weight excluding hydrogens is 312 g/mol. The minimum absolute atomic E-state index is 0.119. The molecule has 0 aliphatic carbocycles. The monoisotopic (exact) mass is 338 g/mol. The van der Waals surface area contributed by atoms with Crippen LogP contribution in [0.1, 0.15) is 36.1 Å². The predicted molar refractivity (Wildman–Crippen MR) is 104 cm³/mol. The first-order chi connectivity index (χ1) is 11.8. The molecule has 2 rings (SSSR count). The second-order valence-corrected chi connectivity index (χ2v) is 7.13. The normalized spacial score (nSPS) is 12.3. The van der Waals surface area contributed by atoms with E-state index in [-0.39, 0.29) is 16.9 Å². The highest BCUT2D eigenvalue weighted by Gasteiger charge is 2.16. The lowest BCUT2D eigenvalue weighted by Crippen LogP contribution is -2.19. The van der Waals surface area contributed by atoms with Crippen molar-refractivity contribution < 1.29 is 10.2 Å². The molecule has 0 radical (unpaired) electrons. The van der Waals surface area contributed by atoms with Gasteiger partial charge in [-0.05, 0) is 37.1 Å². The van der Waals surface area contributed by atoms with Gasteiger partial charge in [0, 0.05) is 42.1 Å². The highest BCUT2D eigenvalue weighted by atomic mass is 16.3. The zero-order valence-corrected chi connectivity index (χ0v) is 15.3. The summed E-state index contributed by atoms with van der Waals surface area (Å²) in [5.74, 6) is 0.550. The van der Waals surface area contributed by atoms with Crippen LogP contribution in [-0.2, 0) is 0 Å². The molecule has 0 bridgehead atoms. The van der Waals surface area contributed by atoms with Gasteiger partial charge >= 0.3 is 0 Å². The standard InChI is InChI=1S/C21H26N2O2/c1-15-7-5-9-17(19(15)24)11-22-13-21(3,4)14-23-12-18-10-6-8-16(2)20(18)25/h5-12,24-25H,13-14H2,1-4H3. The first kappa shape index (κ1) is 18.7. The van der Waals surface area contributed by atoms with Crippen LogP contribution in [0, 0.1) is 19.3 Å². The van der Waals surface area contributed by atoms with Crippen LogP contribution in [0.4, 0.5) is 0 Å². The van der Waals surface area contributed by atoms with E-state index in [1.807, 2.05) is 50.2 Å². The Morgan fingerprint density at radius 3 is 1.60 bits per heavy atom. The molecule has 25 heavy (non-hydrogen) atoms. The van der Waals surface area contributed by atoms with Crippen molar-refractivity contribution in [1.29, 1.82) is 0 Å². The maximum atomic E-state index is 10.0. The molecule has 0 fully saturated rings. The number of aromatic hydroxyl groups is 2. The average Bonchev–Trinajstić information content (AvgIpc) is 2.55. The molecule has 2 N–H and O–H groups in total. The Kier molecular flexibility index (Phi) is 5.97. The van der Waals surface area contributed by atoms with Gasteiger partial charge in [-0.15, -0.1) is 0 Å². The number of nitrogens with zero attached hydrogens (tertiary/aromatic N) is 2. The summed E-state index contributed by atoms with van der Waals surface area (Å²) in [5, 5.41) is 20.0. The summed E-state index contributed by atoms with van der Waals surface area (Å²) >= 11 is 0. The molecule has 0 atom stereocenters. The van der Waals surface area contributed by atoms with Gasteiger partial charge in [-0.2, -0.15) is 0 Å². The SMILES string of the molecule is Cc1cccc(C=NCC(C)(C)CN=Cc2cccc(C)c2O)c1O. The van der Waals surface area contributed by atoms with Crippen molar-refractivity contribution in [2.45, 2.75) is 27.7 Å². The van der Waals surface area contributed by atoms with E-state index < -0.39 is 0 Å². The fourth-order valence-electron chi connectivity index (χ4n) is 2.40. The lowest BCUT2D eigenvalue weighted by atomic mass is 9.94. The van der Waals surface area contributed by atoms with Gasteiger partial charge < -0.3 is 10.2 Å². The van der Waals surface area contributed by atoms with Gasteiger partial charge in [-0.25, -0.2) is 0 Å². The number of aliphatic imine (C=N–C) groups is 2. The van der Waals surface area contributed by atoms with Gasteiger partial charge in [0.1, 0.15) is 11.5 Å². The third-order valence-corrected chi connectivity index (χ3v) is 4.04. The molecule has 4 nitrogen and oxygen atoms in total. The fourth-order valence-corrected chi connectivity index (χ4v) is 2.40. The van der Waals surface area contributed by atoms with Crippen LogP contribution >= 0.6 is 0 Å². The van der Waals surface area contributed by atoms with Crippen LogP contribution in [0.2, 0.25) is 0 Å². The minimum Gasteiger partial charge on any atom is -0.507 e. The molecule has 0 amide bonds. The summed E-state index contributed by atoms with van der Waals surface area (Å²) in [6, 6.07) is 11.2. The van der Waals surface area contributed by atoms with E-state index in [0.29, 0.717) is 13.1 Å². The fraction of sp³-hybridized carbons (Fsp3) is 0.333. The third-order valence-electron chi connectivity index (χ3n) is 4.04. The van der Waals surface area contributed by atoms with Crippen molar-refractivity contribution in [2.75, 3.05) is 13.1 Å². The van der Waals surface area contributed by atoms with Crippen molar-refractivity contribution >= 4 is 12.4 Å². The van der Waals surface area contributed by atoms with E-state index in [1.54, 1.807) is 12.4 Å². The number of rotatable bonds is 6. The Labute approximate surface area is 149 Å². The third kappa shape index (κ3) is 5.18. The largest absolute Gasteiger partial charge is 0.507 e. The summed E-state index contributed by atoms with van der Waals surface area (Å²) in [6.45, 7) is 9.11. The van der Waals surface area contributed by atoms with Crippen LogP contribution in [0.25, 0.3) is 0 Å². The van der Waals surface area contributed by atoms with Gasteiger partial charge in [0.2, 0.25) is 0 Å². The minimum atomic E-state index is -0.119. The van der Waals surface area contributed by atoms with Crippen molar-refractivity contribution in [1.82, 2.24) is 0 Å². The summed E-state index contributed by atoms with van der Waals surface area (Å²) in [6.07, 6.45) is 3.42. The molecule has 0 spiro atoms. The first-order valence-corrected chi connectivity index (χ1v) is 8.37. The molecule has 0 unspecified atom stereocenters. The smallest absolute Gasteiger partial charge is 0.127 e. The topological polar surface area (TPSA) is 65.2 Å². The second-order valence-electron chi connectivity index (χ2n) is 7.13. The molecule has 2 aromatic rings. The second kappa shape index (κ2) is 7.97. The average molecular weight is 338 g/mol. The molecular formula is C21H26N2O2. The number of phenols is 2. The summed E-state index contributed by atoms with van der Waals surface area (Å²) < 4.78 is 0. The Balaban J connectivity index is 1.97. The van der Waals surface area contributed by atoms with E-state index in [9.17, 15) is 10.2 Å². The molecule has 132 valence electrons. The molecule has 0 aromatic heterocycles. The Hall–Kier alpha value is -2.62. The van der Waals surface area contributed by atoms with Crippen molar-refractivity contribution in [3.05, 3.63) is 58.7 Å². The summed E-state index contributed by atoms with van der Waals surface area (Å²) in [4.78, 5) is 8.93. The number of hydrogen-bond acceptors (Lipinski definition) is 4. The van der Waals surface area contributed by atoms with Gasteiger partial charge in [0.05, 0.1) is 0 Å². The van der Waals surface area contributed by atoms with Crippen molar-refractivity contribution in [3.8, 4) is 11.5 Å². The van der Waals surface area contributed by atoms with Crippen LogP contribution in [-0.4, -0.2) is 35.7 Å². The van der Waals surface area contributed by atoms with E-state index in [0.717, 1.165) is 22.3 Å². The van der Waals surface area contributed by atoms with E-state index in [4.69, 9.17) is 0 Å². The molecule has 0 heterocycles. The Morgan fingerprint density at radius 2 is 1.20 bits per heavy atom.